The molecule has 0 radical (unpaired) electrons. The Labute approximate surface area is 102 Å². The van der Waals surface area contributed by atoms with Gasteiger partial charge in [0.15, 0.2) is 0 Å². The van der Waals surface area contributed by atoms with Gasteiger partial charge in [0.1, 0.15) is 0 Å². The Hall–Kier alpha value is -1.86. The van der Waals surface area contributed by atoms with Crippen LogP contribution in [0.4, 0.5) is 0 Å². The standard InChI is InChI=1S/C13H17N3O/c1-16(9-5-8-14)13(17)12(15)10-11-6-3-2-4-7-11/h2-4,6-7,12H,5,9-10,15H2,1H3/t12-/m1/s1. The zero-order chi connectivity index (χ0) is 12.7. The highest BCUT2D eigenvalue weighted by molar-refractivity contribution is 5.81. The van der Waals surface area contributed by atoms with Gasteiger partial charge in [0, 0.05) is 13.6 Å². The summed E-state index contributed by atoms with van der Waals surface area (Å²) in [5.41, 5.74) is 6.89. The molecule has 2 N–H and O–H groups in total. The average Bonchev–Trinajstić information content (AvgIpc) is 2.36. The molecule has 0 fully saturated rings. The van der Waals surface area contributed by atoms with E-state index in [0.717, 1.165) is 5.56 Å². The maximum absolute atomic E-state index is 11.8. The van der Waals surface area contributed by atoms with Crippen LogP contribution in [0.25, 0.3) is 0 Å². The summed E-state index contributed by atoms with van der Waals surface area (Å²) >= 11 is 0. The van der Waals surface area contributed by atoms with E-state index in [0.29, 0.717) is 19.4 Å². The van der Waals surface area contributed by atoms with E-state index in [1.807, 2.05) is 36.4 Å². The first-order valence-corrected chi connectivity index (χ1v) is 5.56. The molecule has 1 atom stereocenters. The molecule has 4 heteroatoms. The lowest BCUT2D eigenvalue weighted by Crippen LogP contribution is -2.43. The van der Waals surface area contributed by atoms with Crippen molar-refractivity contribution < 1.29 is 4.79 Å². The van der Waals surface area contributed by atoms with Crippen molar-refractivity contribution in [2.24, 2.45) is 5.73 Å². The molecule has 17 heavy (non-hydrogen) atoms. The van der Waals surface area contributed by atoms with Crippen LogP contribution in [-0.2, 0) is 11.2 Å². The van der Waals surface area contributed by atoms with E-state index in [1.165, 1.54) is 4.90 Å². The molecular formula is C13H17N3O. The van der Waals surface area contributed by atoms with Crippen molar-refractivity contribution in [3.05, 3.63) is 35.9 Å². The second-order valence-corrected chi connectivity index (χ2v) is 3.96. The highest BCUT2D eigenvalue weighted by atomic mass is 16.2. The number of hydrogen-bond donors (Lipinski definition) is 1. The normalized spacial score (nSPS) is 11.6. The van der Waals surface area contributed by atoms with Crippen molar-refractivity contribution in [2.75, 3.05) is 13.6 Å². The van der Waals surface area contributed by atoms with Crippen LogP contribution in [0.5, 0.6) is 0 Å². The second-order valence-electron chi connectivity index (χ2n) is 3.96. The van der Waals surface area contributed by atoms with E-state index < -0.39 is 6.04 Å². The van der Waals surface area contributed by atoms with Gasteiger partial charge in [0.25, 0.3) is 0 Å². The summed E-state index contributed by atoms with van der Waals surface area (Å²) in [5.74, 6) is -0.121. The molecular weight excluding hydrogens is 214 g/mol. The largest absolute Gasteiger partial charge is 0.343 e. The molecule has 0 heterocycles. The smallest absolute Gasteiger partial charge is 0.239 e. The molecule has 0 unspecified atom stereocenters. The number of carbonyl (C=O) groups is 1. The molecule has 1 amide bonds. The number of nitriles is 1. The van der Waals surface area contributed by atoms with Crippen LogP contribution < -0.4 is 5.73 Å². The fourth-order valence-electron chi connectivity index (χ4n) is 1.57. The summed E-state index contributed by atoms with van der Waals surface area (Å²) in [5, 5.41) is 8.45. The van der Waals surface area contributed by atoms with Gasteiger partial charge in [0.05, 0.1) is 18.5 Å². The molecule has 0 saturated carbocycles. The highest BCUT2D eigenvalue weighted by Crippen LogP contribution is 2.03. The van der Waals surface area contributed by atoms with Gasteiger partial charge >= 0.3 is 0 Å². The van der Waals surface area contributed by atoms with Crippen molar-refractivity contribution in [1.82, 2.24) is 4.90 Å². The third-order valence-corrected chi connectivity index (χ3v) is 2.55. The minimum absolute atomic E-state index is 0.121. The monoisotopic (exact) mass is 231 g/mol. The number of benzene rings is 1. The lowest BCUT2D eigenvalue weighted by molar-refractivity contribution is -0.131. The van der Waals surface area contributed by atoms with Gasteiger partial charge in [-0.05, 0) is 12.0 Å². The van der Waals surface area contributed by atoms with Gasteiger partial charge in [-0.25, -0.2) is 0 Å². The van der Waals surface area contributed by atoms with Crippen molar-refractivity contribution >= 4 is 5.91 Å². The minimum atomic E-state index is -0.541. The number of carbonyl (C=O) groups excluding carboxylic acids is 1. The van der Waals surface area contributed by atoms with Crippen LogP contribution in [0, 0.1) is 11.3 Å². The van der Waals surface area contributed by atoms with Crippen molar-refractivity contribution in [3.63, 3.8) is 0 Å². The Balaban J connectivity index is 2.50. The first-order valence-electron chi connectivity index (χ1n) is 5.56. The molecule has 1 aromatic carbocycles. The van der Waals surface area contributed by atoms with Gasteiger partial charge in [0.2, 0.25) is 5.91 Å². The van der Waals surface area contributed by atoms with E-state index in [4.69, 9.17) is 11.0 Å². The Kier molecular flexibility index (Phi) is 5.18. The lowest BCUT2D eigenvalue weighted by atomic mass is 10.1. The minimum Gasteiger partial charge on any atom is -0.343 e. The predicted molar refractivity (Wildman–Crippen MR) is 66.0 cm³/mol. The predicted octanol–water partition coefficient (Wildman–Crippen LogP) is 0.928. The quantitative estimate of drug-likeness (QED) is 0.819. The summed E-state index contributed by atoms with van der Waals surface area (Å²) < 4.78 is 0. The number of amides is 1. The van der Waals surface area contributed by atoms with Crippen LogP contribution in [0.3, 0.4) is 0 Å². The summed E-state index contributed by atoms with van der Waals surface area (Å²) in [6.07, 6.45) is 0.858. The summed E-state index contributed by atoms with van der Waals surface area (Å²) in [7, 11) is 1.67. The molecule has 1 rings (SSSR count). The van der Waals surface area contributed by atoms with E-state index in [1.54, 1.807) is 7.05 Å². The number of rotatable bonds is 5. The summed E-state index contributed by atoms with van der Waals surface area (Å²) in [6.45, 7) is 0.428. The van der Waals surface area contributed by atoms with Gasteiger partial charge in [-0.1, -0.05) is 30.3 Å². The van der Waals surface area contributed by atoms with E-state index in [-0.39, 0.29) is 5.91 Å². The second kappa shape index (κ2) is 6.66. The first-order chi connectivity index (χ1) is 8.15. The van der Waals surface area contributed by atoms with E-state index >= 15 is 0 Å². The SMILES string of the molecule is CN(CCC#N)C(=O)[C@H](N)Cc1ccccc1. The zero-order valence-corrected chi connectivity index (χ0v) is 9.97. The zero-order valence-electron chi connectivity index (χ0n) is 9.97. The molecule has 4 nitrogen and oxygen atoms in total. The number of nitrogens with two attached hydrogens (primary N) is 1. The van der Waals surface area contributed by atoms with Crippen molar-refractivity contribution in [3.8, 4) is 6.07 Å². The summed E-state index contributed by atoms with van der Waals surface area (Å²) in [6, 6.07) is 11.1. The Morgan fingerprint density at radius 1 is 1.47 bits per heavy atom. The average molecular weight is 231 g/mol. The maximum Gasteiger partial charge on any atom is 0.239 e. The Morgan fingerprint density at radius 2 is 2.12 bits per heavy atom. The molecule has 0 spiro atoms. The first kappa shape index (κ1) is 13.2. The van der Waals surface area contributed by atoms with E-state index in [2.05, 4.69) is 0 Å². The molecule has 1 aromatic rings. The molecule has 0 bridgehead atoms. The topological polar surface area (TPSA) is 70.1 Å². The van der Waals surface area contributed by atoms with Crippen molar-refractivity contribution in [2.45, 2.75) is 18.9 Å². The highest BCUT2D eigenvalue weighted by Gasteiger charge is 2.17. The van der Waals surface area contributed by atoms with Crippen LogP contribution in [-0.4, -0.2) is 30.4 Å². The third-order valence-electron chi connectivity index (χ3n) is 2.55. The fourth-order valence-corrected chi connectivity index (χ4v) is 1.57. The van der Waals surface area contributed by atoms with Gasteiger partial charge in [-0.3, -0.25) is 4.79 Å². The summed E-state index contributed by atoms with van der Waals surface area (Å²) in [4.78, 5) is 13.4. The third kappa shape index (κ3) is 4.25. The maximum atomic E-state index is 11.8. The Morgan fingerprint density at radius 3 is 2.71 bits per heavy atom. The molecule has 0 aliphatic carbocycles. The molecule has 90 valence electrons. The molecule has 0 aliphatic rings. The van der Waals surface area contributed by atoms with E-state index in [9.17, 15) is 4.79 Å². The molecule has 0 aliphatic heterocycles. The molecule has 0 saturated heterocycles. The Bertz CT molecular complexity index is 397. The lowest BCUT2D eigenvalue weighted by Gasteiger charge is -2.20. The van der Waals surface area contributed by atoms with Crippen molar-refractivity contribution in [1.29, 1.82) is 5.26 Å². The van der Waals surface area contributed by atoms with Crippen LogP contribution in [0.1, 0.15) is 12.0 Å². The number of hydrogen-bond acceptors (Lipinski definition) is 3. The fraction of sp³-hybridized carbons (Fsp3) is 0.385. The van der Waals surface area contributed by atoms with Gasteiger partial charge in [-0.15, -0.1) is 0 Å². The number of likely N-dealkylation sites (N-methyl/N-ethyl adjacent to an activating group) is 1. The van der Waals surface area contributed by atoms with Gasteiger partial charge in [-0.2, -0.15) is 5.26 Å². The number of nitrogens with zero attached hydrogens (tertiary/aromatic N) is 2. The van der Waals surface area contributed by atoms with Crippen LogP contribution in [0.15, 0.2) is 30.3 Å². The van der Waals surface area contributed by atoms with Crippen LogP contribution in [0.2, 0.25) is 0 Å². The molecule has 0 aromatic heterocycles. The van der Waals surface area contributed by atoms with Gasteiger partial charge < -0.3 is 10.6 Å². The van der Waals surface area contributed by atoms with Crippen LogP contribution >= 0.6 is 0 Å².